The van der Waals surface area contributed by atoms with Crippen LogP contribution in [0.1, 0.15) is 22.7 Å². The van der Waals surface area contributed by atoms with E-state index in [1.54, 1.807) is 17.8 Å². The highest BCUT2D eigenvalue weighted by Crippen LogP contribution is 2.28. The van der Waals surface area contributed by atoms with Crippen LogP contribution in [0.3, 0.4) is 0 Å². The maximum Gasteiger partial charge on any atom is 0.128 e. The first-order valence-corrected chi connectivity index (χ1v) is 7.51. The highest BCUT2D eigenvalue weighted by atomic mass is 32.2. The standard InChI is InChI=1S/C16H19FN2S/c1-11-8-12(2)16(14(17)9-11)15(19-18)10-20-13-6-4-3-5-7-13/h3-9,15,19H,10,18H2,1-2H3. The van der Waals surface area contributed by atoms with Crippen molar-refractivity contribution in [2.45, 2.75) is 24.8 Å². The van der Waals surface area contributed by atoms with Gasteiger partial charge < -0.3 is 0 Å². The summed E-state index contributed by atoms with van der Waals surface area (Å²) in [5, 5.41) is 0. The molecule has 0 aromatic heterocycles. The summed E-state index contributed by atoms with van der Waals surface area (Å²) in [5.41, 5.74) is 5.24. The van der Waals surface area contributed by atoms with Gasteiger partial charge in [-0.1, -0.05) is 24.3 Å². The van der Waals surface area contributed by atoms with Crippen molar-refractivity contribution >= 4 is 11.8 Å². The summed E-state index contributed by atoms with van der Waals surface area (Å²) in [5.74, 6) is 6.10. The van der Waals surface area contributed by atoms with Crippen LogP contribution in [0.5, 0.6) is 0 Å². The normalized spacial score (nSPS) is 12.4. The Hall–Kier alpha value is -1.36. The third-order valence-electron chi connectivity index (χ3n) is 3.19. The van der Waals surface area contributed by atoms with Gasteiger partial charge >= 0.3 is 0 Å². The van der Waals surface area contributed by atoms with Crippen LogP contribution in [0.25, 0.3) is 0 Å². The van der Waals surface area contributed by atoms with Gasteiger partial charge in [0.2, 0.25) is 0 Å². The number of hydrogen-bond donors (Lipinski definition) is 2. The molecule has 1 unspecified atom stereocenters. The number of hydrazine groups is 1. The van der Waals surface area contributed by atoms with Gasteiger partial charge in [0.05, 0.1) is 6.04 Å². The molecule has 20 heavy (non-hydrogen) atoms. The first kappa shape index (κ1) is 15.0. The second-order valence-electron chi connectivity index (χ2n) is 4.82. The summed E-state index contributed by atoms with van der Waals surface area (Å²) < 4.78 is 14.2. The first-order chi connectivity index (χ1) is 9.61. The summed E-state index contributed by atoms with van der Waals surface area (Å²) in [7, 11) is 0. The molecule has 2 aromatic carbocycles. The van der Waals surface area contributed by atoms with E-state index in [-0.39, 0.29) is 11.9 Å². The molecule has 2 aromatic rings. The minimum atomic E-state index is -0.208. The Morgan fingerprint density at radius 3 is 2.50 bits per heavy atom. The molecule has 0 aliphatic rings. The van der Waals surface area contributed by atoms with Crippen molar-refractivity contribution in [3.63, 3.8) is 0 Å². The van der Waals surface area contributed by atoms with Crippen LogP contribution in [-0.2, 0) is 0 Å². The lowest BCUT2D eigenvalue weighted by atomic mass is 10.00. The molecule has 0 heterocycles. The van der Waals surface area contributed by atoms with Gasteiger partial charge in [-0.05, 0) is 43.2 Å². The molecule has 0 saturated heterocycles. The summed E-state index contributed by atoms with van der Waals surface area (Å²) >= 11 is 1.66. The molecule has 0 radical (unpaired) electrons. The molecule has 1 atom stereocenters. The van der Waals surface area contributed by atoms with Crippen molar-refractivity contribution in [2.24, 2.45) is 5.84 Å². The second-order valence-corrected chi connectivity index (χ2v) is 5.91. The molecule has 0 aliphatic carbocycles. The van der Waals surface area contributed by atoms with E-state index < -0.39 is 0 Å². The van der Waals surface area contributed by atoms with Crippen LogP contribution in [0.2, 0.25) is 0 Å². The van der Waals surface area contributed by atoms with Crippen LogP contribution in [0, 0.1) is 19.7 Å². The Balaban J connectivity index is 2.17. The van der Waals surface area contributed by atoms with Gasteiger partial charge in [-0.2, -0.15) is 0 Å². The Morgan fingerprint density at radius 2 is 1.90 bits per heavy atom. The molecule has 0 amide bonds. The van der Waals surface area contributed by atoms with E-state index in [9.17, 15) is 4.39 Å². The number of aryl methyl sites for hydroxylation is 2. The first-order valence-electron chi connectivity index (χ1n) is 6.52. The molecule has 3 N–H and O–H groups in total. The predicted molar refractivity (Wildman–Crippen MR) is 83.1 cm³/mol. The van der Waals surface area contributed by atoms with Crippen molar-refractivity contribution in [3.8, 4) is 0 Å². The van der Waals surface area contributed by atoms with Crippen LogP contribution < -0.4 is 11.3 Å². The molecule has 4 heteroatoms. The van der Waals surface area contributed by atoms with E-state index in [1.807, 2.05) is 50.2 Å². The highest BCUT2D eigenvalue weighted by molar-refractivity contribution is 7.99. The molecule has 2 nitrogen and oxygen atoms in total. The maximum atomic E-state index is 14.2. The van der Waals surface area contributed by atoms with Crippen molar-refractivity contribution in [1.29, 1.82) is 0 Å². The summed E-state index contributed by atoms with van der Waals surface area (Å²) in [6.07, 6.45) is 0. The van der Waals surface area contributed by atoms with Crippen molar-refractivity contribution in [3.05, 3.63) is 65.0 Å². The summed E-state index contributed by atoms with van der Waals surface area (Å²) in [6, 6.07) is 13.4. The lowest BCUT2D eigenvalue weighted by Gasteiger charge is -2.19. The largest absolute Gasteiger partial charge is 0.271 e. The third kappa shape index (κ3) is 3.60. The molecule has 106 valence electrons. The smallest absolute Gasteiger partial charge is 0.128 e. The summed E-state index contributed by atoms with van der Waals surface area (Å²) in [4.78, 5) is 1.15. The zero-order valence-corrected chi connectivity index (χ0v) is 12.5. The molecular weight excluding hydrogens is 271 g/mol. The van der Waals surface area contributed by atoms with Gasteiger partial charge in [-0.15, -0.1) is 11.8 Å². The number of hydrogen-bond acceptors (Lipinski definition) is 3. The Kier molecular flexibility index (Phi) is 5.17. The Morgan fingerprint density at radius 1 is 1.20 bits per heavy atom. The number of nitrogens with one attached hydrogen (secondary N) is 1. The Labute approximate surface area is 123 Å². The maximum absolute atomic E-state index is 14.2. The lowest BCUT2D eigenvalue weighted by molar-refractivity contribution is 0.542. The molecule has 2 rings (SSSR count). The monoisotopic (exact) mass is 290 g/mol. The predicted octanol–water partition coefficient (Wildman–Crippen LogP) is 3.74. The van der Waals surface area contributed by atoms with Crippen LogP contribution in [0.4, 0.5) is 4.39 Å². The average Bonchev–Trinajstić information content (AvgIpc) is 2.42. The van der Waals surface area contributed by atoms with Gasteiger partial charge in [0.1, 0.15) is 5.82 Å². The topological polar surface area (TPSA) is 38.0 Å². The molecular formula is C16H19FN2S. The van der Waals surface area contributed by atoms with Gasteiger partial charge in [0.25, 0.3) is 0 Å². The average molecular weight is 290 g/mol. The number of nitrogens with two attached hydrogens (primary N) is 1. The van der Waals surface area contributed by atoms with Crippen LogP contribution in [-0.4, -0.2) is 5.75 Å². The third-order valence-corrected chi connectivity index (χ3v) is 4.30. The van der Waals surface area contributed by atoms with Crippen molar-refractivity contribution in [2.75, 3.05) is 5.75 Å². The summed E-state index contributed by atoms with van der Waals surface area (Å²) in [6.45, 7) is 3.81. The van der Waals surface area contributed by atoms with Gasteiger partial charge in [0, 0.05) is 16.2 Å². The minimum Gasteiger partial charge on any atom is -0.271 e. The zero-order chi connectivity index (χ0) is 14.5. The molecule has 0 spiro atoms. The number of halogens is 1. The molecule has 0 fully saturated rings. The molecule has 0 saturated carbocycles. The van der Waals surface area contributed by atoms with Crippen molar-refractivity contribution in [1.82, 2.24) is 5.43 Å². The fraction of sp³-hybridized carbons (Fsp3) is 0.250. The van der Waals surface area contributed by atoms with E-state index >= 15 is 0 Å². The van der Waals surface area contributed by atoms with E-state index in [1.165, 1.54) is 0 Å². The van der Waals surface area contributed by atoms with Crippen molar-refractivity contribution < 1.29 is 4.39 Å². The second kappa shape index (κ2) is 6.88. The molecule has 0 bridgehead atoms. The number of rotatable bonds is 5. The van der Waals surface area contributed by atoms with Crippen LogP contribution in [0.15, 0.2) is 47.4 Å². The fourth-order valence-electron chi connectivity index (χ4n) is 2.28. The number of benzene rings is 2. The lowest BCUT2D eigenvalue weighted by Crippen LogP contribution is -2.31. The van der Waals surface area contributed by atoms with E-state index in [2.05, 4.69) is 5.43 Å². The Bertz CT molecular complexity index is 549. The SMILES string of the molecule is Cc1cc(C)c(C(CSc2ccccc2)NN)c(F)c1. The van der Waals surface area contributed by atoms with Crippen LogP contribution >= 0.6 is 11.8 Å². The fourth-order valence-corrected chi connectivity index (χ4v) is 3.25. The van der Waals surface area contributed by atoms with E-state index in [4.69, 9.17) is 5.84 Å². The van der Waals surface area contributed by atoms with E-state index in [0.29, 0.717) is 11.3 Å². The van der Waals surface area contributed by atoms with E-state index in [0.717, 1.165) is 16.0 Å². The zero-order valence-electron chi connectivity index (χ0n) is 11.7. The van der Waals surface area contributed by atoms with Gasteiger partial charge in [-0.3, -0.25) is 11.3 Å². The van der Waals surface area contributed by atoms with Gasteiger partial charge in [0.15, 0.2) is 0 Å². The molecule has 0 aliphatic heterocycles. The quantitative estimate of drug-likeness (QED) is 0.500. The van der Waals surface area contributed by atoms with Gasteiger partial charge in [-0.25, -0.2) is 4.39 Å². The number of thioether (sulfide) groups is 1. The highest BCUT2D eigenvalue weighted by Gasteiger charge is 2.17. The minimum absolute atomic E-state index is 0.195.